The van der Waals surface area contributed by atoms with E-state index in [2.05, 4.69) is 5.32 Å². The van der Waals surface area contributed by atoms with Gasteiger partial charge in [-0.3, -0.25) is 24.0 Å². The number of anilines is 2. The molecule has 1 amide bonds. The number of hydrogen-bond donors (Lipinski definition) is 1. The van der Waals surface area contributed by atoms with Crippen LogP contribution in [0.4, 0.5) is 17.1 Å². The molecule has 0 saturated carbocycles. The lowest BCUT2D eigenvalue weighted by atomic mass is 10.1. The molecule has 0 aromatic heterocycles. The van der Waals surface area contributed by atoms with Crippen molar-refractivity contribution in [1.29, 1.82) is 0 Å². The minimum Gasteiger partial charge on any atom is -0.324 e. The summed E-state index contributed by atoms with van der Waals surface area (Å²) in [6.45, 7) is 4.64. The van der Waals surface area contributed by atoms with Gasteiger partial charge in [-0.2, -0.15) is 0 Å². The Labute approximate surface area is 174 Å². The Balaban J connectivity index is 2.49. The van der Waals surface area contributed by atoms with E-state index in [4.69, 9.17) is 0 Å². The predicted octanol–water partition coefficient (Wildman–Crippen LogP) is 3.29. The maximum Gasteiger partial charge on any atom is 0.271 e. The van der Waals surface area contributed by atoms with Crippen LogP contribution in [0.2, 0.25) is 0 Å². The number of nitro benzene ring substituents is 1. The van der Waals surface area contributed by atoms with Crippen molar-refractivity contribution in [1.82, 2.24) is 0 Å². The van der Waals surface area contributed by atoms with Crippen LogP contribution in [-0.4, -0.2) is 37.3 Å². The van der Waals surface area contributed by atoms with E-state index in [1.165, 1.54) is 25.1 Å². The first-order valence-electron chi connectivity index (χ1n) is 9.12. The number of nitrogens with zero attached hydrogens (tertiary/aromatic N) is 2. The topological polar surface area (TPSA) is 127 Å². The second kappa shape index (κ2) is 9.04. The molecule has 0 bridgehead atoms. The zero-order valence-corrected chi connectivity index (χ0v) is 17.9. The summed E-state index contributed by atoms with van der Waals surface area (Å²) in [5, 5.41) is 13.8. The van der Waals surface area contributed by atoms with Crippen molar-refractivity contribution in [3.05, 3.63) is 63.7 Å². The SMILES string of the molecule is CC[C@@H](C(=O)Nc1cccc(C(C)=O)c1)N(c1cc([N+](=O)[O-])ccc1C)S(C)(=O)=O. The van der Waals surface area contributed by atoms with E-state index in [-0.39, 0.29) is 23.6 Å². The highest BCUT2D eigenvalue weighted by Gasteiger charge is 2.33. The smallest absolute Gasteiger partial charge is 0.271 e. The van der Waals surface area contributed by atoms with Gasteiger partial charge in [0.1, 0.15) is 6.04 Å². The molecule has 1 N–H and O–H groups in total. The average Bonchev–Trinajstić information content (AvgIpc) is 2.65. The number of amides is 1. The van der Waals surface area contributed by atoms with Gasteiger partial charge in [-0.05, 0) is 38.0 Å². The fourth-order valence-electron chi connectivity index (χ4n) is 3.03. The summed E-state index contributed by atoms with van der Waals surface area (Å²) in [6, 6.07) is 8.98. The van der Waals surface area contributed by atoms with Crippen LogP contribution in [0.15, 0.2) is 42.5 Å². The molecule has 0 spiro atoms. The number of benzene rings is 2. The number of nitrogens with one attached hydrogen (secondary N) is 1. The van der Waals surface area contributed by atoms with Crippen LogP contribution < -0.4 is 9.62 Å². The lowest BCUT2D eigenvalue weighted by Gasteiger charge is -2.31. The minimum atomic E-state index is -3.96. The molecular formula is C20H23N3O6S. The lowest BCUT2D eigenvalue weighted by Crippen LogP contribution is -2.47. The highest BCUT2D eigenvalue weighted by atomic mass is 32.2. The van der Waals surface area contributed by atoms with Gasteiger partial charge in [-0.25, -0.2) is 8.42 Å². The molecule has 160 valence electrons. The molecule has 0 fully saturated rings. The van der Waals surface area contributed by atoms with Crippen molar-refractivity contribution >= 4 is 38.8 Å². The Morgan fingerprint density at radius 2 is 1.87 bits per heavy atom. The first-order valence-corrected chi connectivity index (χ1v) is 11.0. The van der Waals surface area contributed by atoms with Crippen molar-refractivity contribution in [3.8, 4) is 0 Å². The fourth-order valence-corrected chi connectivity index (χ4v) is 4.29. The highest BCUT2D eigenvalue weighted by molar-refractivity contribution is 7.92. The Bertz CT molecular complexity index is 1100. The summed E-state index contributed by atoms with van der Waals surface area (Å²) in [5.74, 6) is -0.794. The molecule has 2 rings (SSSR count). The second-order valence-electron chi connectivity index (χ2n) is 6.84. The number of sulfonamides is 1. The highest BCUT2D eigenvalue weighted by Crippen LogP contribution is 2.30. The van der Waals surface area contributed by atoms with Crippen molar-refractivity contribution < 1.29 is 22.9 Å². The summed E-state index contributed by atoms with van der Waals surface area (Å²) < 4.78 is 26.1. The second-order valence-corrected chi connectivity index (χ2v) is 8.70. The van der Waals surface area contributed by atoms with Crippen LogP contribution in [-0.2, 0) is 14.8 Å². The van der Waals surface area contributed by atoms with Crippen LogP contribution in [0.25, 0.3) is 0 Å². The normalized spacial score (nSPS) is 12.1. The molecule has 10 heteroatoms. The van der Waals surface area contributed by atoms with E-state index in [1.54, 1.807) is 32.0 Å². The third kappa shape index (κ3) is 5.20. The zero-order valence-electron chi connectivity index (χ0n) is 17.1. The van der Waals surface area contributed by atoms with E-state index in [1.807, 2.05) is 0 Å². The number of carbonyl (C=O) groups excluding carboxylic acids is 2. The molecule has 0 radical (unpaired) electrons. The zero-order chi connectivity index (χ0) is 22.6. The van der Waals surface area contributed by atoms with E-state index < -0.39 is 26.9 Å². The Morgan fingerprint density at radius 1 is 1.20 bits per heavy atom. The van der Waals surface area contributed by atoms with Crippen molar-refractivity contribution in [2.45, 2.75) is 33.2 Å². The Hall–Kier alpha value is -3.27. The summed E-state index contributed by atoms with van der Waals surface area (Å²) in [4.78, 5) is 35.1. The summed E-state index contributed by atoms with van der Waals surface area (Å²) in [7, 11) is -3.96. The quantitative estimate of drug-likeness (QED) is 0.387. The number of Topliss-reactive ketones (excluding diaryl/α,β-unsaturated/α-hetero) is 1. The number of non-ortho nitro benzene ring substituents is 1. The van der Waals surface area contributed by atoms with E-state index >= 15 is 0 Å². The summed E-state index contributed by atoms with van der Waals surface area (Å²) in [6.07, 6.45) is 1.06. The van der Waals surface area contributed by atoms with Crippen LogP contribution in [0.3, 0.4) is 0 Å². The molecule has 0 aliphatic carbocycles. The minimum absolute atomic E-state index is 0.0613. The van der Waals surface area contributed by atoms with Gasteiger partial charge in [0, 0.05) is 23.4 Å². The Morgan fingerprint density at radius 3 is 2.40 bits per heavy atom. The fraction of sp³-hybridized carbons (Fsp3) is 0.300. The molecule has 2 aromatic rings. The molecule has 1 atom stereocenters. The van der Waals surface area contributed by atoms with Crippen LogP contribution in [0.5, 0.6) is 0 Å². The van der Waals surface area contributed by atoms with E-state index in [9.17, 15) is 28.1 Å². The van der Waals surface area contributed by atoms with Crippen molar-refractivity contribution in [2.24, 2.45) is 0 Å². The average molecular weight is 433 g/mol. The van der Waals surface area contributed by atoms with Gasteiger partial charge in [0.15, 0.2) is 5.78 Å². The molecule has 0 unspecified atom stereocenters. The van der Waals surface area contributed by atoms with Crippen LogP contribution >= 0.6 is 0 Å². The van der Waals surface area contributed by atoms with Crippen molar-refractivity contribution in [2.75, 3.05) is 15.9 Å². The largest absolute Gasteiger partial charge is 0.324 e. The molecule has 0 aliphatic rings. The van der Waals surface area contributed by atoms with Crippen LogP contribution in [0, 0.1) is 17.0 Å². The van der Waals surface area contributed by atoms with Gasteiger partial charge in [-0.15, -0.1) is 0 Å². The molecule has 0 aliphatic heterocycles. The number of nitro groups is 1. The molecule has 0 heterocycles. The van der Waals surface area contributed by atoms with E-state index in [0.717, 1.165) is 16.6 Å². The van der Waals surface area contributed by atoms with Gasteiger partial charge >= 0.3 is 0 Å². The summed E-state index contributed by atoms with van der Waals surface area (Å²) in [5.41, 5.74) is 0.987. The van der Waals surface area contributed by atoms with Crippen molar-refractivity contribution in [3.63, 3.8) is 0 Å². The number of aryl methyl sites for hydroxylation is 1. The number of hydrogen-bond acceptors (Lipinski definition) is 6. The van der Waals surface area contributed by atoms with Gasteiger partial charge in [0.2, 0.25) is 15.9 Å². The third-order valence-corrected chi connectivity index (χ3v) is 5.67. The lowest BCUT2D eigenvalue weighted by molar-refractivity contribution is -0.384. The van der Waals surface area contributed by atoms with Crippen LogP contribution in [0.1, 0.15) is 36.2 Å². The van der Waals surface area contributed by atoms with Gasteiger partial charge < -0.3 is 5.32 Å². The maximum atomic E-state index is 13.0. The first-order chi connectivity index (χ1) is 14.0. The molecule has 2 aromatic carbocycles. The third-order valence-electron chi connectivity index (χ3n) is 4.51. The monoisotopic (exact) mass is 433 g/mol. The number of rotatable bonds is 8. The van der Waals surface area contributed by atoms with Gasteiger partial charge in [0.25, 0.3) is 5.69 Å². The van der Waals surface area contributed by atoms with Gasteiger partial charge in [-0.1, -0.05) is 25.1 Å². The standard InChI is InChI=1S/C20H23N3O6S/c1-5-18(20(25)21-16-8-6-7-15(11-16)14(3)24)22(30(4,28)29)19-12-17(23(26)27)10-9-13(19)2/h6-12,18H,5H2,1-4H3,(H,21,25)/t18-/m0/s1. The van der Waals surface area contributed by atoms with Gasteiger partial charge in [0.05, 0.1) is 16.9 Å². The molecule has 9 nitrogen and oxygen atoms in total. The molecule has 30 heavy (non-hydrogen) atoms. The number of carbonyl (C=O) groups is 2. The first kappa shape index (κ1) is 23.0. The maximum absolute atomic E-state index is 13.0. The Kier molecular flexibility index (Phi) is 6.93. The molecular weight excluding hydrogens is 410 g/mol. The molecule has 0 saturated heterocycles. The summed E-state index contributed by atoms with van der Waals surface area (Å²) >= 11 is 0. The predicted molar refractivity (Wildman–Crippen MR) is 114 cm³/mol. The van der Waals surface area contributed by atoms with E-state index in [0.29, 0.717) is 16.8 Å². The number of ketones is 1.